The Bertz CT molecular complexity index is 1940. The van der Waals surface area contributed by atoms with E-state index in [-0.39, 0.29) is 5.91 Å². The van der Waals surface area contributed by atoms with E-state index in [0.29, 0.717) is 17.7 Å². The zero-order chi connectivity index (χ0) is 22.8. The van der Waals surface area contributed by atoms with Gasteiger partial charge in [0.05, 0.1) is 22.7 Å². The molecule has 7 rings (SSSR count). The Hall–Kier alpha value is -4.37. The number of carbonyl (C=O) groups excluding carboxylic acids is 1. The number of thiophene rings is 1. The molecule has 5 aromatic rings. The summed E-state index contributed by atoms with van der Waals surface area (Å²) in [5.74, 6) is 0.00126. The lowest BCUT2D eigenvalue weighted by Crippen LogP contribution is -2.09. The Balaban J connectivity index is 1.76. The minimum atomic E-state index is 0.00126. The topological polar surface area (TPSA) is 105 Å². The zero-order valence-electron chi connectivity index (χ0n) is 18.0. The van der Waals surface area contributed by atoms with E-state index in [9.17, 15) is 4.79 Å². The number of benzene rings is 1. The number of rotatable bonds is 1. The van der Waals surface area contributed by atoms with Crippen LogP contribution in [0, 0.1) is 0 Å². The van der Waals surface area contributed by atoms with E-state index >= 15 is 0 Å². The van der Waals surface area contributed by atoms with Gasteiger partial charge in [0.2, 0.25) is 5.91 Å². The van der Waals surface area contributed by atoms with Gasteiger partial charge in [0.15, 0.2) is 11.3 Å². The first kappa shape index (κ1) is 19.1. The number of carbonyl (C=O) groups is 1. The highest BCUT2D eigenvalue weighted by atomic mass is 32.1. The molecule has 0 atom stereocenters. The highest BCUT2D eigenvalue weighted by molar-refractivity contribution is 7.24. The number of H-pyrrole nitrogens is 2. The number of hydrogen-bond acceptors (Lipinski definition) is 6. The van der Waals surface area contributed by atoms with Crippen LogP contribution < -0.4 is 0 Å². The van der Waals surface area contributed by atoms with Crippen molar-refractivity contribution in [1.29, 1.82) is 0 Å². The standard InChI is InChI=1S/C25H17N7OS/c1-2-20(33)32-15-8-13(10-26-12-15)14-9-17-23(30-31-24(17)27-11-14)25-28-18-5-3-4-16(22(18)29-25)19-6-7-21(32)34-19/h3-12,30H,2H2,1H3,(H,27,31). The number of hydrogen-bond donors (Lipinski definition) is 2. The van der Waals surface area contributed by atoms with E-state index in [2.05, 4.69) is 20.2 Å². The molecule has 1 aromatic carbocycles. The molecule has 0 aliphatic carbocycles. The normalized spacial score (nSPS) is 11.9. The Labute approximate surface area is 195 Å². The maximum absolute atomic E-state index is 13.1. The molecule has 0 amide bonds. The Morgan fingerprint density at radius 2 is 1.94 bits per heavy atom. The third-order valence-corrected chi connectivity index (χ3v) is 7.19. The quantitative estimate of drug-likeness (QED) is 0.319. The minimum Gasteiger partial charge on any atom is -0.295 e. The molecule has 34 heavy (non-hydrogen) atoms. The predicted octanol–water partition coefficient (Wildman–Crippen LogP) is 5.83. The number of aromatic amines is 2. The Morgan fingerprint density at radius 1 is 1.03 bits per heavy atom. The number of pyridine rings is 2. The SMILES string of the molecule is CCC(=O)n1c2cncc(c2)c2cnc3[nH][nH]c(c4nc5cccc(c6ccc1s6)c5n4)-c3c2. The second-order valence-corrected chi connectivity index (χ2v) is 9.18. The largest absolute Gasteiger partial charge is 0.295 e. The average Bonchev–Trinajstić information content (AvgIpc) is 3.61. The zero-order valence-corrected chi connectivity index (χ0v) is 18.8. The molecule has 0 saturated carbocycles. The van der Waals surface area contributed by atoms with E-state index in [4.69, 9.17) is 9.97 Å². The van der Waals surface area contributed by atoms with Crippen LogP contribution in [0.1, 0.15) is 18.1 Å². The van der Waals surface area contributed by atoms with E-state index in [1.54, 1.807) is 34.5 Å². The van der Waals surface area contributed by atoms with Crippen LogP contribution in [0.3, 0.4) is 0 Å². The Morgan fingerprint density at radius 3 is 2.85 bits per heavy atom. The lowest BCUT2D eigenvalue weighted by molar-refractivity contribution is 0.0918. The van der Waals surface area contributed by atoms with E-state index < -0.39 is 0 Å². The van der Waals surface area contributed by atoms with Gasteiger partial charge in [-0.05, 0) is 30.3 Å². The first-order valence-corrected chi connectivity index (χ1v) is 11.7. The highest BCUT2D eigenvalue weighted by Crippen LogP contribution is 2.32. The second kappa shape index (κ2) is 7.06. The first-order chi connectivity index (χ1) is 16.7. The summed E-state index contributed by atoms with van der Waals surface area (Å²) in [5, 5.41) is 9.06. The van der Waals surface area contributed by atoms with Gasteiger partial charge < -0.3 is 0 Å². The van der Waals surface area contributed by atoms with Crippen LogP contribution in [-0.2, 0) is 0 Å². The van der Waals surface area contributed by atoms with Gasteiger partial charge in [0, 0.05) is 45.2 Å². The molecule has 0 fully saturated rings. The van der Waals surface area contributed by atoms with Crippen molar-refractivity contribution in [3.63, 3.8) is 0 Å². The van der Waals surface area contributed by atoms with Crippen molar-refractivity contribution in [1.82, 2.24) is 34.7 Å². The van der Waals surface area contributed by atoms with Gasteiger partial charge in [-0.15, -0.1) is 11.3 Å². The second-order valence-electron chi connectivity index (χ2n) is 8.12. The third-order valence-electron chi connectivity index (χ3n) is 6.09. The smallest absolute Gasteiger partial charge is 0.231 e. The minimum absolute atomic E-state index is 0.00126. The highest BCUT2D eigenvalue weighted by Gasteiger charge is 2.15. The molecule has 4 aromatic heterocycles. The van der Waals surface area contributed by atoms with Gasteiger partial charge in [-0.3, -0.25) is 24.5 Å². The molecule has 2 aliphatic rings. The van der Waals surface area contributed by atoms with Crippen LogP contribution in [0.2, 0.25) is 0 Å². The molecule has 0 spiro atoms. The summed E-state index contributed by atoms with van der Waals surface area (Å²) in [5.41, 5.74) is 5.34. The molecule has 8 bridgehead atoms. The van der Waals surface area contributed by atoms with Crippen molar-refractivity contribution < 1.29 is 4.79 Å². The molecular formula is C25H17N7OS. The fourth-order valence-corrected chi connectivity index (χ4v) is 5.50. The number of nitrogens with zero attached hydrogens (tertiary/aromatic N) is 5. The molecule has 2 N–H and O–H groups in total. The fourth-order valence-electron chi connectivity index (χ4n) is 4.43. The van der Waals surface area contributed by atoms with Crippen LogP contribution in [0.5, 0.6) is 0 Å². The monoisotopic (exact) mass is 463 g/mol. The van der Waals surface area contributed by atoms with Gasteiger partial charge in [0.1, 0.15) is 10.5 Å². The van der Waals surface area contributed by atoms with Crippen LogP contribution in [-0.4, -0.2) is 40.6 Å². The van der Waals surface area contributed by atoms with E-state index in [1.165, 1.54) is 0 Å². The summed E-state index contributed by atoms with van der Waals surface area (Å²) >= 11 is 1.55. The number of imidazole rings is 1. The molecule has 0 radical (unpaired) electrons. The van der Waals surface area contributed by atoms with Crippen molar-refractivity contribution in [2.45, 2.75) is 13.3 Å². The summed E-state index contributed by atoms with van der Waals surface area (Å²) in [6, 6.07) is 14.0. The maximum atomic E-state index is 13.1. The van der Waals surface area contributed by atoms with Gasteiger partial charge in [-0.2, -0.15) is 0 Å². The van der Waals surface area contributed by atoms with Crippen molar-refractivity contribution in [3.05, 3.63) is 61.1 Å². The van der Waals surface area contributed by atoms with E-state index in [0.717, 1.165) is 53.5 Å². The number of fused-ring (bicyclic) bond motifs is 9. The maximum Gasteiger partial charge on any atom is 0.231 e. The Kier molecular flexibility index (Phi) is 3.97. The van der Waals surface area contributed by atoms with Gasteiger partial charge in [0.25, 0.3) is 0 Å². The molecule has 8 nitrogen and oxygen atoms in total. The summed E-state index contributed by atoms with van der Waals surface area (Å²) < 4.78 is 2.76. The summed E-state index contributed by atoms with van der Waals surface area (Å²) in [7, 11) is 0. The molecule has 0 saturated heterocycles. The number of aromatic nitrogens is 7. The summed E-state index contributed by atoms with van der Waals surface area (Å²) in [4.78, 5) is 32.7. The van der Waals surface area contributed by atoms with E-state index in [1.807, 2.05) is 49.4 Å². The van der Waals surface area contributed by atoms with Crippen molar-refractivity contribution in [2.24, 2.45) is 0 Å². The molecule has 9 heteroatoms. The third kappa shape index (κ3) is 2.74. The number of para-hydroxylation sites is 1. The summed E-state index contributed by atoms with van der Waals surface area (Å²) in [6.45, 7) is 1.87. The van der Waals surface area contributed by atoms with Crippen LogP contribution >= 0.6 is 11.3 Å². The fraction of sp³-hybridized carbons (Fsp3) is 0.0800. The molecule has 0 unspecified atom stereocenters. The van der Waals surface area contributed by atoms with Crippen molar-refractivity contribution in [3.8, 4) is 11.3 Å². The molecule has 6 heterocycles. The molecule has 164 valence electrons. The predicted molar refractivity (Wildman–Crippen MR) is 135 cm³/mol. The average molecular weight is 464 g/mol. The van der Waals surface area contributed by atoms with Gasteiger partial charge in [-0.1, -0.05) is 19.1 Å². The van der Waals surface area contributed by atoms with Crippen molar-refractivity contribution >= 4 is 70.8 Å². The lowest BCUT2D eigenvalue weighted by Gasteiger charge is -2.06. The van der Waals surface area contributed by atoms with Crippen LogP contribution in [0.15, 0.2) is 61.1 Å². The van der Waals surface area contributed by atoms with Crippen molar-refractivity contribution in [2.75, 3.05) is 0 Å². The number of nitrogens with one attached hydrogen (secondary N) is 2. The van der Waals surface area contributed by atoms with Crippen LogP contribution in [0.4, 0.5) is 0 Å². The van der Waals surface area contributed by atoms with Crippen LogP contribution in [0.25, 0.3) is 64.8 Å². The molecular weight excluding hydrogens is 446 g/mol. The first-order valence-electron chi connectivity index (χ1n) is 10.9. The lowest BCUT2D eigenvalue weighted by atomic mass is 10.1. The van der Waals surface area contributed by atoms with Gasteiger partial charge in [-0.25, -0.2) is 15.0 Å². The summed E-state index contributed by atoms with van der Waals surface area (Å²) in [6.07, 6.45) is 5.69. The molecule has 2 aliphatic heterocycles. The van der Waals surface area contributed by atoms with Gasteiger partial charge >= 0.3 is 0 Å².